The Labute approximate surface area is 255 Å². The van der Waals surface area contributed by atoms with Gasteiger partial charge < -0.3 is 35.5 Å². The number of ether oxygens (including phenoxy) is 1. The van der Waals surface area contributed by atoms with Gasteiger partial charge in [0.2, 0.25) is 5.91 Å². The summed E-state index contributed by atoms with van der Waals surface area (Å²) in [5.74, 6) is -0.338. The molecule has 0 spiro atoms. The van der Waals surface area contributed by atoms with Crippen LogP contribution in [0.1, 0.15) is 43.1 Å². The number of hydroxylamine groups is 2. The van der Waals surface area contributed by atoms with Gasteiger partial charge >= 0.3 is 12.1 Å². The number of carboxylic acids is 1. The number of nitrogens with two attached hydrogens (primary N) is 1. The molecule has 1 saturated carbocycles. The molecule has 3 heterocycles. The molecule has 0 bridgehead atoms. The molecule has 5 rings (SSSR count). The lowest BCUT2D eigenvalue weighted by molar-refractivity contribution is -0.158. The molecular weight excluding hydrogens is 570 g/mol. The number of aliphatic carboxylic acids is 1. The minimum atomic E-state index is -1.10. The van der Waals surface area contributed by atoms with Gasteiger partial charge in [0.05, 0.1) is 19.7 Å². The first kappa shape index (κ1) is 31.1. The lowest BCUT2D eigenvalue weighted by atomic mass is 10.1. The number of anilines is 1. The quantitative estimate of drug-likeness (QED) is 0.234. The Morgan fingerprint density at radius 1 is 1.07 bits per heavy atom. The Morgan fingerprint density at radius 2 is 1.77 bits per heavy atom. The Kier molecular flexibility index (Phi) is 9.90. The second-order valence-corrected chi connectivity index (χ2v) is 11.4. The van der Waals surface area contributed by atoms with E-state index < -0.39 is 30.0 Å². The first-order valence-electron chi connectivity index (χ1n) is 15.1. The van der Waals surface area contributed by atoms with Gasteiger partial charge in [-0.25, -0.2) is 14.8 Å². The number of nitrogens with zero attached hydrogens (tertiary/aromatic N) is 5. The van der Waals surface area contributed by atoms with Crippen molar-refractivity contribution in [3.63, 3.8) is 0 Å². The molecular formula is C30H39N7O7. The summed E-state index contributed by atoms with van der Waals surface area (Å²) in [4.78, 5) is 68.5. The number of piperidine rings is 1. The molecule has 4 atom stereocenters. The maximum absolute atomic E-state index is 13.6. The number of rotatable bonds is 12. The Bertz CT molecular complexity index is 1340. The topological polar surface area (TPSA) is 181 Å². The number of fused-ring (bicyclic) bond motifs is 1. The zero-order chi connectivity index (χ0) is 31.2. The maximum atomic E-state index is 13.6. The fourth-order valence-corrected chi connectivity index (χ4v) is 5.60. The zero-order valence-corrected chi connectivity index (χ0v) is 24.8. The smallest absolute Gasteiger partial charge is 0.481 e. The van der Waals surface area contributed by atoms with Gasteiger partial charge in [-0.1, -0.05) is 43.7 Å². The Hall–Kier alpha value is -4.30. The summed E-state index contributed by atoms with van der Waals surface area (Å²) in [6, 6.07) is 10.00. The van der Waals surface area contributed by atoms with Gasteiger partial charge in [-0.3, -0.25) is 14.4 Å². The number of unbranched alkanes of at least 4 members (excludes halogenated alkanes) is 1. The molecule has 3 aliphatic rings. The molecule has 2 aliphatic heterocycles. The third-order valence-corrected chi connectivity index (χ3v) is 8.28. The van der Waals surface area contributed by atoms with Crippen molar-refractivity contribution in [1.82, 2.24) is 25.2 Å². The van der Waals surface area contributed by atoms with E-state index >= 15 is 0 Å². The van der Waals surface area contributed by atoms with Gasteiger partial charge in [-0.2, -0.15) is 0 Å². The van der Waals surface area contributed by atoms with Crippen LogP contribution < -0.4 is 16.0 Å². The van der Waals surface area contributed by atoms with Crippen LogP contribution in [-0.4, -0.2) is 107 Å². The Morgan fingerprint density at radius 3 is 2.43 bits per heavy atom. The number of carbonyl (C=O) groups excluding carboxylic acids is 3. The Balaban J connectivity index is 1.27. The van der Waals surface area contributed by atoms with Crippen molar-refractivity contribution in [2.24, 2.45) is 17.6 Å². The van der Waals surface area contributed by atoms with Crippen molar-refractivity contribution in [2.75, 3.05) is 50.8 Å². The van der Waals surface area contributed by atoms with Gasteiger partial charge in [0.25, 0.3) is 5.91 Å². The van der Waals surface area contributed by atoms with Crippen molar-refractivity contribution in [3.8, 4) is 11.4 Å². The van der Waals surface area contributed by atoms with Crippen molar-refractivity contribution in [1.29, 1.82) is 0 Å². The second kappa shape index (κ2) is 14.0. The fraction of sp³-hybridized carbons (Fsp3) is 0.533. The van der Waals surface area contributed by atoms with Crippen LogP contribution in [0.25, 0.3) is 11.4 Å². The standard InChI is InChI=1S/C30H39N7O7/c1-2-3-15-43-30(42)44-37-13-11-35(12-14-37)29(41)22(9-10-25(38)39)33-28(40)23-16-24(36-17-20-21(18-36)26(20)31)34-27(32-23)19-7-5-4-6-8-19/h4-8,16,20-22,26H,2-3,9-15,17-18,31H2,1H3,(H,33,40)(H,38,39)/t20-,21+,22-,26?/m0/s1. The number of aromatic nitrogens is 2. The van der Waals surface area contributed by atoms with E-state index in [-0.39, 0.29) is 57.4 Å². The van der Waals surface area contributed by atoms with E-state index in [0.717, 1.165) is 31.5 Å². The SMILES string of the molecule is CCCCOC(=O)ON1CCN(C(=O)[C@H](CCC(=O)O)NC(=O)c2cc(N3C[C@@H]4C(N)[C@@H]4C3)nc(-c3ccccc3)n2)CC1. The van der Waals surface area contributed by atoms with Crippen LogP contribution in [0.5, 0.6) is 0 Å². The number of nitrogens with one attached hydrogen (secondary N) is 1. The van der Waals surface area contributed by atoms with Crippen LogP contribution in [0.15, 0.2) is 36.4 Å². The van der Waals surface area contributed by atoms with E-state index in [1.54, 1.807) is 6.07 Å². The molecule has 44 heavy (non-hydrogen) atoms. The molecule has 1 aromatic carbocycles. The van der Waals surface area contributed by atoms with Crippen LogP contribution in [0, 0.1) is 11.8 Å². The van der Waals surface area contributed by atoms with E-state index in [9.17, 15) is 24.3 Å². The first-order chi connectivity index (χ1) is 21.2. The van der Waals surface area contributed by atoms with E-state index in [4.69, 9.17) is 20.3 Å². The number of benzene rings is 1. The normalized spacial score (nSPS) is 21.7. The summed E-state index contributed by atoms with van der Waals surface area (Å²) in [5.41, 5.74) is 6.93. The van der Waals surface area contributed by atoms with Crippen molar-refractivity contribution < 1.29 is 33.9 Å². The lowest BCUT2D eigenvalue weighted by Gasteiger charge is -2.35. The number of hydrogen-bond donors (Lipinski definition) is 3. The molecule has 2 aromatic rings. The van der Waals surface area contributed by atoms with Gasteiger partial charge in [-0.05, 0) is 24.7 Å². The number of carboxylic acid groups (broad SMARTS) is 1. The molecule has 2 amide bonds. The molecule has 14 heteroatoms. The number of hydrogen-bond acceptors (Lipinski definition) is 11. The van der Waals surface area contributed by atoms with E-state index in [2.05, 4.69) is 15.2 Å². The number of amides is 2. The van der Waals surface area contributed by atoms with Crippen LogP contribution in [0.3, 0.4) is 0 Å². The van der Waals surface area contributed by atoms with Crippen molar-refractivity contribution in [2.45, 2.75) is 44.7 Å². The minimum absolute atomic E-state index is 0.0756. The first-order valence-corrected chi connectivity index (χ1v) is 15.1. The monoisotopic (exact) mass is 609 g/mol. The van der Waals surface area contributed by atoms with Gasteiger partial charge in [0.15, 0.2) is 5.82 Å². The summed E-state index contributed by atoms with van der Waals surface area (Å²) < 4.78 is 5.02. The predicted octanol–water partition coefficient (Wildman–Crippen LogP) is 1.51. The van der Waals surface area contributed by atoms with Crippen LogP contribution in [-0.2, 0) is 19.2 Å². The highest BCUT2D eigenvalue weighted by Gasteiger charge is 2.54. The minimum Gasteiger partial charge on any atom is -0.481 e. The summed E-state index contributed by atoms with van der Waals surface area (Å²) in [5, 5.41) is 13.5. The van der Waals surface area contributed by atoms with Crippen LogP contribution in [0.4, 0.5) is 10.6 Å². The highest BCUT2D eigenvalue weighted by atomic mass is 16.8. The molecule has 14 nitrogen and oxygen atoms in total. The van der Waals surface area contributed by atoms with Gasteiger partial charge in [-0.15, -0.1) is 5.06 Å². The molecule has 4 N–H and O–H groups in total. The zero-order valence-electron chi connectivity index (χ0n) is 24.8. The predicted molar refractivity (Wildman–Crippen MR) is 158 cm³/mol. The fourth-order valence-electron chi connectivity index (χ4n) is 5.60. The second-order valence-electron chi connectivity index (χ2n) is 11.4. The molecule has 2 saturated heterocycles. The third kappa shape index (κ3) is 7.61. The number of piperazine rings is 1. The van der Waals surface area contributed by atoms with Gasteiger partial charge in [0.1, 0.15) is 17.6 Å². The summed E-state index contributed by atoms with van der Waals surface area (Å²) in [7, 11) is 0. The maximum Gasteiger partial charge on any atom is 0.527 e. The largest absolute Gasteiger partial charge is 0.527 e. The third-order valence-electron chi connectivity index (χ3n) is 8.28. The van der Waals surface area contributed by atoms with E-state index in [1.165, 1.54) is 9.96 Å². The summed E-state index contributed by atoms with van der Waals surface area (Å²) >= 11 is 0. The van der Waals surface area contributed by atoms with E-state index in [0.29, 0.717) is 23.5 Å². The molecule has 236 valence electrons. The molecule has 3 fully saturated rings. The van der Waals surface area contributed by atoms with Gasteiger partial charge in [0, 0.05) is 50.3 Å². The average Bonchev–Trinajstić information content (AvgIpc) is 3.40. The van der Waals surface area contributed by atoms with Crippen LogP contribution in [0.2, 0.25) is 0 Å². The van der Waals surface area contributed by atoms with Crippen LogP contribution >= 0.6 is 0 Å². The molecule has 0 radical (unpaired) electrons. The molecule has 1 aliphatic carbocycles. The number of carbonyl (C=O) groups is 4. The lowest BCUT2D eigenvalue weighted by Crippen LogP contribution is -2.55. The summed E-state index contributed by atoms with van der Waals surface area (Å²) in [6.45, 7) is 4.65. The summed E-state index contributed by atoms with van der Waals surface area (Å²) in [6.07, 6.45) is 0.410. The molecule has 1 unspecified atom stereocenters. The highest BCUT2D eigenvalue weighted by molar-refractivity contribution is 5.97. The van der Waals surface area contributed by atoms with E-state index in [1.807, 2.05) is 37.3 Å². The average molecular weight is 610 g/mol. The molecule has 1 aromatic heterocycles. The van der Waals surface area contributed by atoms with Crippen molar-refractivity contribution >= 4 is 29.8 Å². The van der Waals surface area contributed by atoms with Crippen molar-refractivity contribution in [3.05, 3.63) is 42.1 Å². The highest BCUT2D eigenvalue weighted by Crippen LogP contribution is 2.45.